The fraction of sp³-hybridized carbons (Fsp3) is 0.259. The Morgan fingerprint density at radius 1 is 1.08 bits per heavy atom. The molecular formula is C27H29N5O4S. The fourth-order valence-corrected chi connectivity index (χ4v) is 5.46. The highest BCUT2D eigenvalue weighted by molar-refractivity contribution is 7.92. The van der Waals surface area contributed by atoms with E-state index >= 15 is 0 Å². The van der Waals surface area contributed by atoms with E-state index in [0.29, 0.717) is 28.0 Å². The van der Waals surface area contributed by atoms with Gasteiger partial charge < -0.3 is 15.7 Å². The fourth-order valence-electron chi connectivity index (χ4n) is 4.53. The number of para-hydroxylation sites is 1. The molecule has 0 spiro atoms. The molecular weight excluding hydrogens is 490 g/mol. The maximum atomic E-state index is 13.0. The summed E-state index contributed by atoms with van der Waals surface area (Å²) >= 11 is 0. The first-order chi connectivity index (χ1) is 17.8. The van der Waals surface area contributed by atoms with Crippen molar-refractivity contribution in [1.82, 2.24) is 15.1 Å². The number of carbonyl (C=O) groups excluding carboxylic acids is 1. The highest BCUT2D eigenvalue weighted by atomic mass is 32.2. The van der Waals surface area contributed by atoms with E-state index in [-0.39, 0.29) is 25.0 Å². The Labute approximate surface area is 215 Å². The van der Waals surface area contributed by atoms with Crippen molar-refractivity contribution in [2.75, 3.05) is 36.1 Å². The second kappa shape index (κ2) is 9.87. The number of nitrogens with zero attached hydrogens (tertiary/aromatic N) is 3. The second-order valence-electron chi connectivity index (χ2n) is 9.14. The van der Waals surface area contributed by atoms with Crippen molar-refractivity contribution in [3.05, 3.63) is 78.0 Å². The van der Waals surface area contributed by atoms with Gasteiger partial charge in [0.05, 0.1) is 36.3 Å². The number of aromatic nitrogens is 2. The quantitative estimate of drug-likeness (QED) is 0.310. The first-order valence-electron chi connectivity index (χ1n) is 12.1. The van der Waals surface area contributed by atoms with Gasteiger partial charge in [-0.1, -0.05) is 18.2 Å². The number of rotatable bonds is 9. The van der Waals surface area contributed by atoms with Gasteiger partial charge in [0.25, 0.3) is 5.91 Å². The van der Waals surface area contributed by atoms with Crippen molar-refractivity contribution in [1.29, 1.82) is 0 Å². The number of hydrogen-bond donors (Lipinski definition) is 3. The summed E-state index contributed by atoms with van der Waals surface area (Å²) in [4.78, 5) is 13.0. The minimum atomic E-state index is -3.63. The van der Waals surface area contributed by atoms with Crippen LogP contribution in [0, 0.1) is 0 Å². The topological polar surface area (TPSA) is 117 Å². The molecule has 10 heteroatoms. The third-order valence-electron chi connectivity index (χ3n) is 6.43. The molecule has 1 saturated carbocycles. The van der Waals surface area contributed by atoms with Gasteiger partial charge in [0.1, 0.15) is 5.69 Å². The molecule has 1 aliphatic rings. The summed E-state index contributed by atoms with van der Waals surface area (Å²) in [5, 5.41) is 21.0. The molecule has 4 aromatic rings. The van der Waals surface area contributed by atoms with Crippen LogP contribution in [-0.4, -0.2) is 55.7 Å². The number of aliphatic hydroxyl groups is 1. The number of fused-ring (bicyclic) bond motifs is 1. The van der Waals surface area contributed by atoms with E-state index in [0.717, 1.165) is 36.0 Å². The maximum Gasteiger partial charge on any atom is 0.270 e. The van der Waals surface area contributed by atoms with E-state index in [1.165, 1.54) is 4.31 Å². The van der Waals surface area contributed by atoms with Crippen LogP contribution in [0.3, 0.4) is 0 Å². The third-order valence-corrected chi connectivity index (χ3v) is 7.61. The summed E-state index contributed by atoms with van der Waals surface area (Å²) < 4.78 is 28.0. The molecule has 1 amide bonds. The van der Waals surface area contributed by atoms with Crippen LogP contribution < -0.4 is 14.9 Å². The Hall–Kier alpha value is -3.89. The van der Waals surface area contributed by atoms with Crippen molar-refractivity contribution in [3.8, 4) is 5.69 Å². The Balaban J connectivity index is 1.63. The summed E-state index contributed by atoms with van der Waals surface area (Å²) in [5.41, 5.74) is 4.77. The summed E-state index contributed by atoms with van der Waals surface area (Å²) in [5.74, 6) is -0.0922. The first-order valence-corrected chi connectivity index (χ1v) is 13.9. The molecule has 37 heavy (non-hydrogen) atoms. The highest BCUT2D eigenvalue weighted by Gasteiger charge is 2.32. The number of sulfonamides is 1. The zero-order chi connectivity index (χ0) is 26.2. The number of amides is 1. The summed E-state index contributed by atoms with van der Waals surface area (Å²) in [6.07, 6.45) is 3.01. The molecule has 3 N–H and O–H groups in total. The van der Waals surface area contributed by atoms with Crippen LogP contribution in [0.1, 0.15) is 34.8 Å². The highest BCUT2D eigenvalue weighted by Crippen LogP contribution is 2.46. The maximum absolute atomic E-state index is 13.0. The van der Waals surface area contributed by atoms with Gasteiger partial charge in [-0.2, -0.15) is 5.10 Å². The Bertz CT molecular complexity index is 1550. The largest absolute Gasteiger partial charge is 0.394 e. The van der Waals surface area contributed by atoms with E-state index in [1.54, 1.807) is 17.8 Å². The van der Waals surface area contributed by atoms with Crippen LogP contribution in [0.4, 0.5) is 17.1 Å². The van der Waals surface area contributed by atoms with Gasteiger partial charge in [-0.05, 0) is 72.9 Å². The predicted molar refractivity (Wildman–Crippen MR) is 145 cm³/mol. The lowest BCUT2D eigenvalue weighted by Crippen LogP contribution is -2.33. The van der Waals surface area contributed by atoms with Gasteiger partial charge in [-0.15, -0.1) is 0 Å². The molecule has 192 valence electrons. The van der Waals surface area contributed by atoms with Gasteiger partial charge in [0, 0.05) is 23.8 Å². The van der Waals surface area contributed by atoms with Crippen molar-refractivity contribution < 1.29 is 18.3 Å². The molecule has 1 heterocycles. The lowest BCUT2D eigenvalue weighted by molar-refractivity contribution is 0.0957. The van der Waals surface area contributed by atoms with Crippen molar-refractivity contribution in [2.24, 2.45) is 0 Å². The molecule has 1 aliphatic carbocycles. The monoisotopic (exact) mass is 519 g/mol. The lowest BCUT2D eigenvalue weighted by atomic mass is 10.0. The summed E-state index contributed by atoms with van der Waals surface area (Å²) in [7, 11) is -2.06. The molecule has 0 aliphatic heterocycles. The van der Waals surface area contributed by atoms with E-state index in [1.807, 2.05) is 60.7 Å². The zero-order valence-corrected chi connectivity index (χ0v) is 21.5. The second-order valence-corrected chi connectivity index (χ2v) is 11.0. The summed E-state index contributed by atoms with van der Waals surface area (Å²) in [6, 6.07) is 21.0. The number of anilines is 3. The molecule has 0 atom stereocenters. The number of carbonyl (C=O) groups is 1. The van der Waals surface area contributed by atoms with E-state index in [9.17, 15) is 18.3 Å². The Morgan fingerprint density at radius 3 is 2.35 bits per heavy atom. The molecule has 0 saturated heterocycles. The molecule has 1 fully saturated rings. The van der Waals surface area contributed by atoms with Crippen LogP contribution in [0.25, 0.3) is 16.6 Å². The van der Waals surface area contributed by atoms with Crippen LogP contribution in [0.5, 0.6) is 0 Å². The normalized spacial score (nSPS) is 13.5. The standard InChI is InChI=1S/C27H29N5O4S/c1-28-27(34)26-23-16-22(18-8-9-18)25(31(14-15-33)37(2,35)36)17-24(23)30-32(26)21-12-10-20(11-13-21)29-19-6-4-3-5-7-19/h3-7,10-13,16-18,29,33H,8-9,14-15H2,1-2H3,(H,28,34). The molecule has 0 bridgehead atoms. The lowest BCUT2D eigenvalue weighted by Gasteiger charge is -2.24. The Kier molecular flexibility index (Phi) is 6.61. The van der Waals surface area contributed by atoms with Crippen molar-refractivity contribution >= 4 is 43.9 Å². The van der Waals surface area contributed by atoms with Crippen LogP contribution >= 0.6 is 0 Å². The smallest absolute Gasteiger partial charge is 0.270 e. The van der Waals surface area contributed by atoms with Crippen LogP contribution in [0.15, 0.2) is 66.7 Å². The molecule has 0 unspecified atom stereocenters. The molecule has 0 radical (unpaired) electrons. The van der Waals surface area contributed by atoms with E-state index in [4.69, 9.17) is 5.10 Å². The summed E-state index contributed by atoms with van der Waals surface area (Å²) in [6.45, 7) is -0.362. The SMILES string of the molecule is CNC(=O)c1c2cc(C3CC3)c(N(CCO)S(C)(=O)=O)cc2nn1-c1ccc(Nc2ccccc2)cc1. The van der Waals surface area contributed by atoms with Gasteiger partial charge >= 0.3 is 0 Å². The van der Waals surface area contributed by atoms with Crippen molar-refractivity contribution in [3.63, 3.8) is 0 Å². The average molecular weight is 520 g/mol. The zero-order valence-electron chi connectivity index (χ0n) is 20.7. The van der Waals surface area contributed by atoms with Crippen LogP contribution in [-0.2, 0) is 10.0 Å². The molecule has 3 aromatic carbocycles. The molecule has 1 aromatic heterocycles. The first kappa shape index (κ1) is 24.8. The van der Waals surface area contributed by atoms with E-state index in [2.05, 4.69) is 10.6 Å². The number of benzene rings is 3. The van der Waals surface area contributed by atoms with Gasteiger partial charge in [0.15, 0.2) is 0 Å². The predicted octanol–water partition coefficient (Wildman–Crippen LogP) is 3.76. The average Bonchev–Trinajstić information content (AvgIpc) is 3.67. The van der Waals surface area contributed by atoms with Gasteiger partial charge in [0.2, 0.25) is 10.0 Å². The minimum Gasteiger partial charge on any atom is -0.394 e. The minimum absolute atomic E-state index is 0.0526. The number of nitrogens with one attached hydrogen (secondary N) is 2. The van der Waals surface area contributed by atoms with Gasteiger partial charge in [-0.3, -0.25) is 9.10 Å². The number of aliphatic hydroxyl groups excluding tert-OH is 1. The van der Waals surface area contributed by atoms with Crippen molar-refractivity contribution in [2.45, 2.75) is 18.8 Å². The van der Waals surface area contributed by atoms with Gasteiger partial charge in [-0.25, -0.2) is 13.1 Å². The third kappa shape index (κ3) is 5.03. The van der Waals surface area contributed by atoms with E-state index < -0.39 is 10.0 Å². The Morgan fingerprint density at radius 2 is 1.76 bits per heavy atom. The molecule has 9 nitrogen and oxygen atoms in total. The number of hydrogen-bond acceptors (Lipinski definition) is 6. The molecule has 5 rings (SSSR count). The van der Waals surface area contributed by atoms with Crippen LogP contribution in [0.2, 0.25) is 0 Å².